The summed E-state index contributed by atoms with van der Waals surface area (Å²) in [6.07, 6.45) is -2.99. The molecule has 6 heteroatoms. The summed E-state index contributed by atoms with van der Waals surface area (Å²) in [5.41, 5.74) is 1.23. The highest BCUT2D eigenvalue weighted by atomic mass is 19.4. The predicted octanol–water partition coefficient (Wildman–Crippen LogP) is 2.32. The van der Waals surface area contributed by atoms with Crippen molar-refractivity contribution in [3.63, 3.8) is 0 Å². The van der Waals surface area contributed by atoms with Crippen molar-refractivity contribution in [2.75, 3.05) is 26.2 Å². The second-order valence-corrected chi connectivity index (χ2v) is 6.10. The summed E-state index contributed by atoms with van der Waals surface area (Å²) in [5.74, 6) is -1.51. The lowest BCUT2D eigenvalue weighted by Crippen LogP contribution is -2.43. The molecule has 2 fully saturated rings. The van der Waals surface area contributed by atoms with Crippen LogP contribution < -0.4 is 0 Å². The van der Waals surface area contributed by atoms with Crippen molar-refractivity contribution in [1.29, 1.82) is 0 Å². The third-order valence-corrected chi connectivity index (χ3v) is 4.72. The van der Waals surface area contributed by atoms with Crippen LogP contribution in [0, 0.1) is 5.92 Å². The van der Waals surface area contributed by atoms with Gasteiger partial charge in [-0.15, -0.1) is 0 Å². The third kappa shape index (κ3) is 3.11. The maximum Gasteiger partial charge on any atom is 0.471 e. The van der Waals surface area contributed by atoms with E-state index in [0.29, 0.717) is 0 Å². The number of rotatable bonds is 3. The first-order valence-corrected chi connectivity index (χ1v) is 7.59. The molecule has 1 aromatic carbocycles. The number of amides is 1. The van der Waals surface area contributed by atoms with Crippen molar-refractivity contribution in [2.45, 2.75) is 25.1 Å². The minimum Gasteiger partial charge on any atom is -0.333 e. The average molecular weight is 312 g/mol. The molecule has 2 saturated heterocycles. The van der Waals surface area contributed by atoms with Gasteiger partial charge in [-0.25, -0.2) is 0 Å². The zero-order chi connectivity index (χ0) is 15.7. The van der Waals surface area contributed by atoms with E-state index in [0.717, 1.165) is 30.8 Å². The van der Waals surface area contributed by atoms with Crippen molar-refractivity contribution in [3.05, 3.63) is 35.9 Å². The van der Waals surface area contributed by atoms with Crippen LogP contribution in [0.5, 0.6) is 0 Å². The summed E-state index contributed by atoms with van der Waals surface area (Å²) in [6.45, 7) is 2.19. The number of carbonyl (C=O) groups excluding carboxylic acids is 1. The number of halogens is 3. The lowest BCUT2D eigenvalue weighted by atomic mass is 10.0. The summed E-state index contributed by atoms with van der Waals surface area (Å²) < 4.78 is 37.6. The zero-order valence-electron chi connectivity index (χ0n) is 12.2. The van der Waals surface area contributed by atoms with E-state index in [1.54, 1.807) is 0 Å². The van der Waals surface area contributed by atoms with Gasteiger partial charge in [0.2, 0.25) is 0 Å². The molecule has 0 saturated carbocycles. The van der Waals surface area contributed by atoms with Crippen LogP contribution in [0.2, 0.25) is 0 Å². The second-order valence-electron chi connectivity index (χ2n) is 6.10. The number of likely N-dealkylation sites (tertiary alicyclic amines) is 2. The Kier molecular flexibility index (Phi) is 4.12. The fourth-order valence-electron chi connectivity index (χ4n) is 3.59. The van der Waals surface area contributed by atoms with Crippen LogP contribution in [0.3, 0.4) is 0 Å². The van der Waals surface area contributed by atoms with E-state index in [1.807, 2.05) is 18.2 Å². The second kappa shape index (κ2) is 5.91. The SMILES string of the molecule is O=C(N1C[C@H]2CCN(CCc3ccccc3)[C@H]2C1)C(F)(F)F. The van der Waals surface area contributed by atoms with Crippen LogP contribution in [0.25, 0.3) is 0 Å². The molecule has 2 aliphatic heterocycles. The molecule has 1 aromatic rings. The maximum atomic E-state index is 12.5. The monoisotopic (exact) mass is 312 g/mol. The van der Waals surface area contributed by atoms with Crippen LogP contribution >= 0.6 is 0 Å². The van der Waals surface area contributed by atoms with Crippen molar-refractivity contribution in [1.82, 2.24) is 9.80 Å². The van der Waals surface area contributed by atoms with E-state index in [4.69, 9.17) is 0 Å². The molecule has 1 amide bonds. The van der Waals surface area contributed by atoms with E-state index < -0.39 is 12.1 Å². The van der Waals surface area contributed by atoms with Crippen molar-refractivity contribution < 1.29 is 18.0 Å². The minimum atomic E-state index is -4.76. The first kappa shape index (κ1) is 15.3. The van der Waals surface area contributed by atoms with Crippen LogP contribution in [-0.4, -0.2) is 54.1 Å². The van der Waals surface area contributed by atoms with Crippen molar-refractivity contribution in [2.24, 2.45) is 5.92 Å². The van der Waals surface area contributed by atoms with Crippen molar-refractivity contribution >= 4 is 5.91 Å². The number of hydrogen-bond donors (Lipinski definition) is 0. The van der Waals surface area contributed by atoms with Crippen molar-refractivity contribution in [3.8, 4) is 0 Å². The Bertz CT molecular complexity index is 532. The molecule has 2 atom stereocenters. The molecule has 0 aliphatic carbocycles. The lowest BCUT2D eigenvalue weighted by molar-refractivity contribution is -0.184. The smallest absolute Gasteiger partial charge is 0.333 e. The van der Waals surface area contributed by atoms with E-state index in [1.165, 1.54) is 5.56 Å². The Morgan fingerprint density at radius 1 is 1.18 bits per heavy atom. The predicted molar refractivity (Wildman–Crippen MR) is 76.2 cm³/mol. The highest BCUT2D eigenvalue weighted by Crippen LogP contribution is 2.33. The molecule has 2 aliphatic rings. The van der Waals surface area contributed by atoms with E-state index in [9.17, 15) is 18.0 Å². The molecule has 22 heavy (non-hydrogen) atoms. The van der Waals surface area contributed by atoms with Gasteiger partial charge < -0.3 is 4.90 Å². The fraction of sp³-hybridized carbons (Fsp3) is 0.562. The Morgan fingerprint density at radius 3 is 2.59 bits per heavy atom. The molecule has 0 radical (unpaired) electrons. The molecule has 3 nitrogen and oxygen atoms in total. The average Bonchev–Trinajstić information content (AvgIpc) is 3.05. The molecule has 3 rings (SSSR count). The summed E-state index contributed by atoms with van der Waals surface area (Å²) in [5, 5.41) is 0. The molecule has 0 aromatic heterocycles. The van der Waals surface area contributed by atoms with Gasteiger partial charge in [-0.2, -0.15) is 13.2 Å². The van der Waals surface area contributed by atoms with Gasteiger partial charge in [0, 0.05) is 25.7 Å². The van der Waals surface area contributed by atoms with E-state index in [-0.39, 0.29) is 25.0 Å². The Morgan fingerprint density at radius 2 is 1.91 bits per heavy atom. The highest BCUT2D eigenvalue weighted by molar-refractivity contribution is 5.82. The zero-order valence-corrected chi connectivity index (χ0v) is 12.2. The topological polar surface area (TPSA) is 23.6 Å². The van der Waals surface area contributed by atoms with Gasteiger partial charge in [0.1, 0.15) is 0 Å². The molecule has 0 bridgehead atoms. The molecule has 120 valence electrons. The van der Waals surface area contributed by atoms with E-state index in [2.05, 4.69) is 17.0 Å². The summed E-state index contributed by atoms with van der Waals surface area (Å²) in [6, 6.07) is 10.1. The third-order valence-electron chi connectivity index (χ3n) is 4.72. The van der Waals surface area contributed by atoms with Crippen LogP contribution in [0.4, 0.5) is 13.2 Å². The van der Waals surface area contributed by atoms with Gasteiger partial charge in [-0.3, -0.25) is 9.69 Å². The largest absolute Gasteiger partial charge is 0.471 e. The fourth-order valence-corrected chi connectivity index (χ4v) is 3.59. The Balaban J connectivity index is 1.57. The molecular weight excluding hydrogens is 293 g/mol. The number of fused-ring (bicyclic) bond motifs is 1. The molecule has 2 heterocycles. The highest BCUT2D eigenvalue weighted by Gasteiger charge is 2.49. The number of alkyl halides is 3. The number of nitrogens with zero attached hydrogens (tertiary/aromatic N) is 2. The standard InChI is InChI=1S/C16H19F3N2O/c17-16(18,19)15(22)21-10-13-7-9-20(14(13)11-21)8-6-12-4-2-1-3-5-12/h1-5,13-14H,6-11H2/t13-,14+/m1/s1. The van der Waals surface area contributed by atoms with Gasteiger partial charge in [0.25, 0.3) is 0 Å². The molecule has 0 N–H and O–H groups in total. The number of hydrogen-bond acceptors (Lipinski definition) is 2. The summed E-state index contributed by atoms with van der Waals surface area (Å²) >= 11 is 0. The normalized spacial score (nSPS) is 25.5. The number of benzene rings is 1. The van der Waals surface area contributed by atoms with Gasteiger partial charge in [-0.05, 0) is 30.9 Å². The Hall–Kier alpha value is -1.56. The van der Waals surface area contributed by atoms with Gasteiger partial charge >= 0.3 is 12.1 Å². The maximum absolute atomic E-state index is 12.5. The van der Waals surface area contributed by atoms with Gasteiger partial charge in [-0.1, -0.05) is 30.3 Å². The van der Waals surface area contributed by atoms with Crippen LogP contribution in [0.15, 0.2) is 30.3 Å². The first-order valence-electron chi connectivity index (χ1n) is 7.59. The van der Waals surface area contributed by atoms with Crippen LogP contribution in [0.1, 0.15) is 12.0 Å². The molecule has 0 unspecified atom stereocenters. The summed E-state index contributed by atoms with van der Waals surface area (Å²) in [4.78, 5) is 14.6. The minimum absolute atomic E-state index is 0.0787. The number of carbonyl (C=O) groups is 1. The van der Waals surface area contributed by atoms with E-state index >= 15 is 0 Å². The first-order chi connectivity index (χ1) is 10.4. The summed E-state index contributed by atoms with van der Waals surface area (Å²) in [7, 11) is 0. The molecule has 0 spiro atoms. The van der Waals surface area contributed by atoms with Gasteiger partial charge in [0.15, 0.2) is 0 Å². The quantitative estimate of drug-likeness (QED) is 0.855. The lowest BCUT2D eigenvalue weighted by Gasteiger charge is -2.25. The molecular formula is C16H19F3N2O. The Labute approximate surface area is 127 Å². The van der Waals surface area contributed by atoms with Gasteiger partial charge in [0.05, 0.1) is 0 Å². The van der Waals surface area contributed by atoms with Crippen LogP contribution in [-0.2, 0) is 11.2 Å².